The van der Waals surface area contributed by atoms with Gasteiger partial charge in [-0.25, -0.2) is 4.98 Å². The summed E-state index contributed by atoms with van der Waals surface area (Å²) in [5.41, 5.74) is 3.25. The normalized spacial score (nSPS) is 20.7. The van der Waals surface area contributed by atoms with E-state index in [1.165, 1.54) is 11.1 Å². The second kappa shape index (κ2) is 9.36. The van der Waals surface area contributed by atoms with Crippen LogP contribution in [0.2, 0.25) is 0 Å². The number of aliphatic hydroxyl groups excluding tert-OH is 1. The number of ether oxygens (including phenoxy) is 1. The first-order chi connectivity index (χ1) is 14.2. The van der Waals surface area contributed by atoms with Crippen molar-refractivity contribution in [1.82, 2.24) is 9.88 Å². The lowest BCUT2D eigenvalue weighted by atomic mass is 9.89. The van der Waals surface area contributed by atoms with Crippen LogP contribution in [0.3, 0.4) is 0 Å². The Kier molecular flexibility index (Phi) is 6.40. The number of aromatic nitrogens is 1. The van der Waals surface area contributed by atoms with E-state index in [4.69, 9.17) is 10.00 Å². The Morgan fingerprint density at radius 3 is 2.76 bits per heavy atom. The molecule has 0 bridgehead atoms. The van der Waals surface area contributed by atoms with Crippen molar-refractivity contribution in [2.75, 3.05) is 44.2 Å². The lowest BCUT2D eigenvalue weighted by molar-refractivity contribution is -0.0285. The highest BCUT2D eigenvalue weighted by molar-refractivity contribution is 5.42. The number of piperazine rings is 1. The number of benzene rings is 1. The number of pyridine rings is 1. The largest absolute Gasteiger partial charge is 0.389 e. The maximum atomic E-state index is 10.5. The van der Waals surface area contributed by atoms with Crippen LogP contribution in [0.5, 0.6) is 0 Å². The Labute approximate surface area is 172 Å². The van der Waals surface area contributed by atoms with Gasteiger partial charge < -0.3 is 14.7 Å². The van der Waals surface area contributed by atoms with Crippen LogP contribution in [-0.4, -0.2) is 60.4 Å². The van der Waals surface area contributed by atoms with Crippen molar-refractivity contribution in [2.45, 2.75) is 31.5 Å². The minimum Gasteiger partial charge on any atom is -0.389 e. The van der Waals surface area contributed by atoms with Crippen molar-refractivity contribution in [3.8, 4) is 6.07 Å². The molecule has 1 saturated heterocycles. The Bertz CT molecular complexity index is 841. The van der Waals surface area contributed by atoms with Gasteiger partial charge in [-0.15, -0.1) is 0 Å². The van der Waals surface area contributed by atoms with Gasteiger partial charge in [0.15, 0.2) is 0 Å². The molecule has 29 heavy (non-hydrogen) atoms. The lowest BCUT2D eigenvalue weighted by Crippen LogP contribution is -2.49. The molecule has 1 aromatic carbocycles. The van der Waals surface area contributed by atoms with E-state index in [9.17, 15) is 5.11 Å². The second-order valence-corrected chi connectivity index (χ2v) is 7.87. The number of β-amino-alcohol motifs (C(OH)–C–C–N with tert-alkyl or cyclic N) is 1. The number of anilines is 1. The predicted octanol–water partition coefficient (Wildman–Crippen LogP) is 2.53. The van der Waals surface area contributed by atoms with Gasteiger partial charge in [-0.05, 0) is 42.5 Å². The van der Waals surface area contributed by atoms with E-state index in [-0.39, 0.29) is 6.10 Å². The molecule has 1 aliphatic heterocycles. The summed E-state index contributed by atoms with van der Waals surface area (Å²) in [6.45, 7) is 4.49. The summed E-state index contributed by atoms with van der Waals surface area (Å²) in [4.78, 5) is 8.88. The van der Waals surface area contributed by atoms with Gasteiger partial charge in [0.2, 0.25) is 0 Å². The van der Waals surface area contributed by atoms with Gasteiger partial charge in [0.25, 0.3) is 0 Å². The molecule has 1 fully saturated rings. The van der Waals surface area contributed by atoms with E-state index < -0.39 is 6.10 Å². The van der Waals surface area contributed by atoms with Crippen molar-refractivity contribution in [3.63, 3.8) is 0 Å². The molecule has 2 aromatic rings. The van der Waals surface area contributed by atoms with E-state index >= 15 is 0 Å². The van der Waals surface area contributed by atoms with Crippen LogP contribution in [0.25, 0.3) is 0 Å². The maximum Gasteiger partial charge on any atom is 0.128 e. The van der Waals surface area contributed by atoms with Gasteiger partial charge >= 0.3 is 0 Å². The Morgan fingerprint density at radius 2 is 2.00 bits per heavy atom. The Morgan fingerprint density at radius 1 is 1.17 bits per heavy atom. The molecule has 2 atom stereocenters. The summed E-state index contributed by atoms with van der Waals surface area (Å²) in [6, 6.07) is 14.3. The maximum absolute atomic E-state index is 10.5. The monoisotopic (exact) mass is 392 g/mol. The molecule has 1 aromatic heterocycles. The molecular weight excluding hydrogens is 364 g/mol. The molecule has 0 spiro atoms. The van der Waals surface area contributed by atoms with E-state index in [0.29, 0.717) is 18.7 Å². The highest BCUT2D eigenvalue weighted by Crippen LogP contribution is 2.32. The van der Waals surface area contributed by atoms with Crippen LogP contribution in [0, 0.1) is 11.3 Å². The molecule has 0 saturated carbocycles. The van der Waals surface area contributed by atoms with Crippen molar-refractivity contribution >= 4 is 5.82 Å². The number of aryl methyl sites for hydroxylation is 1. The first-order valence-corrected chi connectivity index (χ1v) is 10.4. The zero-order valence-corrected chi connectivity index (χ0v) is 16.7. The molecule has 4 rings (SSSR count). The molecular formula is C23H28N4O2. The highest BCUT2D eigenvalue weighted by Gasteiger charge is 2.23. The molecule has 1 N–H and O–H groups in total. The molecule has 6 nitrogen and oxygen atoms in total. The summed E-state index contributed by atoms with van der Waals surface area (Å²) in [5, 5.41) is 19.4. The average Bonchev–Trinajstić information content (AvgIpc) is 2.78. The fraction of sp³-hybridized carbons (Fsp3) is 0.478. The van der Waals surface area contributed by atoms with Crippen LogP contribution in [0.1, 0.15) is 35.6 Å². The standard InChI is InChI=1S/C23H28N4O2/c24-14-18-8-9-23(25-15-18)27-12-10-26(11-13-27)16-20(28)17-29-22-7-3-5-19-4-1-2-6-21(19)22/h1-2,4,6,8-9,15,20,22,28H,3,5,7,10-13,16-17H2. The van der Waals surface area contributed by atoms with Crippen molar-refractivity contribution in [3.05, 3.63) is 59.3 Å². The number of hydrogen-bond donors (Lipinski definition) is 1. The molecule has 2 heterocycles. The molecule has 2 unspecified atom stereocenters. The van der Waals surface area contributed by atoms with Crippen molar-refractivity contribution in [1.29, 1.82) is 5.26 Å². The second-order valence-electron chi connectivity index (χ2n) is 7.87. The third-order valence-electron chi connectivity index (χ3n) is 5.85. The fourth-order valence-electron chi connectivity index (χ4n) is 4.26. The van der Waals surface area contributed by atoms with Gasteiger partial charge in [0.05, 0.1) is 24.4 Å². The van der Waals surface area contributed by atoms with Crippen molar-refractivity contribution in [2.24, 2.45) is 0 Å². The third kappa shape index (κ3) is 4.94. The summed E-state index contributed by atoms with van der Waals surface area (Å²) in [5.74, 6) is 0.906. The van der Waals surface area contributed by atoms with E-state index in [1.807, 2.05) is 6.07 Å². The highest BCUT2D eigenvalue weighted by atomic mass is 16.5. The molecule has 0 radical (unpaired) electrons. The Balaban J connectivity index is 1.22. The van der Waals surface area contributed by atoms with Gasteiger partial charge in [-0.3, -0.25) is 4.90 Å². The molecule has 152 valence electrons. The van der Waals surface area contributed by atoms with E-state index in [2.05, 4.69) is 45.1 Å². The van der Waals surface area contributed by atoms with Gasteiger partial charge in [0.1, 0.15) is 11.9 Å². The number of nitrogens with zero attached hydrogens (tertiary/aromatic N) is 4. The first-order valence-electron chi connectivity index (χ1n) is 10.4. The number of hydrogen-bond acceptors (Lipinski definition) is 6. The number of fused-ring (bicyclic) bond motifs is 1. The quantitative estimate of drug-likeness (QED) is 0.815. The number of rotatable bonds is 6. The zero-order chi connectivity index (χ0) is 20.1. The van der Waals surface area contributed by atoms with Crippen LogP contribution < -0.4 is 4.90 Å². The molecule has 0 amide bonds. The van der Waals surface area contributed by atoms with Crippen molar-refractivity contribution < 1.29 is 9.84 Å². The molecule has 2 aliphatic rings. The van der Waals surface area contributed by atoms with Crippen LogP contribution >= 0.6 is 0 Å². The average molecular weight is 393 g/mol. The minimum absolute atomic E-state index is 0.105. The minimum atomic E-state index is -0.483. The van der Waals surface area contributed by atoms with Crippen LogP contribution in [0.15, 0.2) is 42.6 Å². The zero-order valence-electron chi connectivity index (χ0n) is 16.7. The Hall–Kier alpha value is -2.46. The van der Waals surface area contributed by atoms with Gasteiger partial charge in [-0.1, -0.05) is 24.3 Å². The summed E-state index contributed by atoms with van der Waals surface area (Å²) < 4.78 is 6.10. The SMILES string of the molecule is N#Cc1ccc(N2CCN(CC(O)COC3CCCc4ccccc43)CC2)nc1. The first kappa shape index (κ1) is 19.8. The smallest absolute Gasteiger partial charge is 0.128 e. The number of aliphatic hydroxyl groups is 1. The topological polar surface area (TPSA) is 72.6 Å². The number of nitriles is 1. The van der Waals surface area contributed by atoms with Gasteiger partial charge in [0, 0.05) is 38.9 Å². The summed E-state index contributed by atoms with van der Waals surface area (Å²) in [6.07, 6.45) is 4.53. The summed E-state index contributed by atoms with van der Waals surface area (Å²) >= 11 is 0. The summed E-state index contributed by atoms with van der Waals surface area (Å²) in [7, 11) is 0. The van der Waals surface area contributed by atoms with Gasteiger partial charge in [-0.2, -0.15) is 5.26 Å². The van der Waals surface area contributed by atoms with Crippen LogP contribution in [0.4, 0.5) is 5.82 Å². The molecule has 6 heteroatoms. The third-order valence-corrected chi connectivity index (χ3v) is 5.85. The molecule has 1 aliphatic carbocycles. The fourth-order valence-corrected chi connectivity index (χ4v) is 4.26. The lowest BCUT2D eigenvalue weighted by Gasteiger charge is -2.36. The van der Waals surface area contributed by atoms with E-state index in [1.54, 1.807) is 12.3 Å². The van der Waals surface area contributed by atoms with E-state index in [0.717, 1.165) is 51.3 Å². The predicted molar refractivity (Wildman–Crippen MR) is 112 cm³/mol. The van der Waals surface area contributed by atoms with Crippen LogP contribution in [-0.2, 0) is 11.2 Å².